The zero-order valence-corrected chi connectivity index (χ0v) is 28.9. The lowest BCUT2D eigenvalue weighted by molar-refractivity contribution is 0.669. The largest absolute Gasteiger partial charge is 0.456 e. The van der Waals surface area contributed by atoms with Gasteiger partial charge < -0.3 is 8.83 Å². The molecule has 0 bridgehead atoms. The van der Waals surface area contributed by atoms with E-state index in [0.29, 0.717) is 5.56 Å². The van der Waals surface area contributed by atoms with Gasteiger partial charge in [-0.3, -0.25) is 4.57 Å². The van der Waals surface area contributed by atoms with Crippen LogP contribution in [-0.2, 0) is 0 Å². The van der Waals surface area contributed by atoms with Crippen molar-refractivity contribution < 1.29 is 36.2 Å². The zero-order chi connectivity index (χ0) is 54.9. The van der Waals surface area contributed by atoms with Crippen LogP contribution in [0.2, 0.25) is 0 Å². The molecule has 0 aliphatic heterocycles. The number of aromatic nitrogens is 4. The highest BCUT2D eigenvalue weighted by Gasteiger charge is 2.22. The third-order valence-electron chi connectivity index (χ3n) is 9.56. The Labute approximate surface area is 354 Å². The van der Waals surface area contributed by atoms with E-state index >= 15 is 0 Å². The van der Waals surface area contributed by atoms with E-state index in [1.54, 1.807) is 60.7 Å². The molecule has 0 aliphatic rings. The molecule has 12 aromatic rings. The normalized spacial score (nSPS) is 16.8. The highest BCUT2D eigenvalue weighted by atomic mass is 16.3. The minimum atomic E-state index is -0.801. The fraction of sp³-hybridized carbons (Fsp3) is 0. The monoisotopic (exact) mass is 750 g/mol. The van der Waals surface area contributed by atoms with Crippen LogP contribution in [0.5, 0.6) is 0 Å². The van der Waals surface area contributed by atoms with Gasteiger partial charge in [0.05, 0.1) is 43.8 Å². The van der Waals surface area contributed by atoms with Crippen molar-refractivity contribution in [2.45, 2.75) is 0 Å². The summed E-state index contributed by atoms with van der Waals surface area (Å²) in [6, 6.07) is 3.37. The smallest absolute Gasteiger partial charge is 0.238 e. The Bertz CT molecular complexity index is 4690. The first-order valence-corrected chi connectivity index (χ1v) is 17.4. The lowest BCUT2D eigenvalue weighted by Crippen LogP contribution is -2.06. The van der Waals surface area contributed by atoms with E-state index in [2.05, 4.69) is 15.0 Å². The highest BCUT2D eigenvalue weighted by Crippen LogP contribution is 2.41. The molecule has 0 saturated heterocycles. The highest BCUT2D eigenvalue weighted by molar-refractivity contribution is 6.23. The minimum absolute atomic E-state index is 0.00386. The van der Waals surface area contributed by atoms with Crippen molar-refractivity contribution in [2.24, 2.45) is 0 Å². The van der Waals surface area contributed by atoms with Crippen molar-refractivity contribution >= 4 is 65.7 Å². The summed E-state index contributed by atoms with van der Waals surface area (Å²) in [5.41, 5.74) is -2.81. The van der Waals surface area contributed by atoms with Crippen LogP contribution < -0.4 is 0 Å². The molecule has 0 saturated carbocycles. The van der Waals surface area contributed by atoms with E-state index in [1.165, 1.54) is 0 Å². The molecule has 0 N–H and O–H groups in total. The molecule has 0 spiro atoms. The van der Waals surface area contributed by atoms with Crippen molar-refractivity contribution in [3.05, 3.63) is 182 Å². The van der Waals surface area contributed by atoms with Crippen molar-refractivity contribution in [3.8, 4) is 51.0 Å². The quantitative estimate of drug-likeness (QED) is 0.175. The second-order valence-corrected chi connectivity index (χ2v) is 12.8. The van der Waals surface area contributed by atoms with Crippen LogP contribution in [0.25, 0.3) is 117 Å². The average Bonchev–Trinajstić information content (AvgIpc) is 4.36. The number of hydrogen-bond donors (Lipinski definition) is 0. The molecule has 12 rings (SSSR count). The first-order valence-electron chi connectivity index (χ1n) is 27.4. The summed E-state index contributed by atoms with van der Waals surface area (Å²) in [5, 5.41) is -1.40. The van der Waals surface area contributed by atoms with Gasteiger partial charge in [-0.25, -0.2) is 4.98 Å². The third kappa shape index (κ3) is 4.94. The number of nitrogens with zero attached hydrogens (tertiary/aromatic N) is 4. The first-order chi connectivity index (χ1) is 36.6. The summed E-state index contributed by atoms with van der Waals surface area (Å²) in [4.78, 5) is 14.0. The summed E-state index contributed by atoms with van der Waals surface area (Å²) in [6.07, 6.45) is 0. The second-order valence-electron chi connectivity index (χ2n) is 12.8. The van der Waals surface area contributed by atoms with Crippen LogP contribution in [0.3, 0.4) is 0 Å². The third-order valence-corrected chi connectivity index (χ3v) is 9.56. The Kier molecular flexibility index (Phi) is 3.85. The maximum Gasteiger partial charge on any atom is 0.238 e. The van der Waals surface area contributed by atoms with E-state index in [9.17, 15) is 12.3 Å². The molecule has 4 aromatic heterocycles. The summed E-state index contributed by atoms with van der Waals surface area (Å²) in [5.74, 6) is -2.01. The summed E-state index contributed by atoms with van der Waals surface area (Å²) < 4.78 is 195. The summed E-state index contributed by atoms with van der Waals surface area (Å²) in [7, 11) is 0. The van der Waals surface area contributed by atoms with Crippen molar-refractivity contribution in [1.29, 1.82) is 0 Å². The molecule has 4 heterocycles. The molecule has 57 heavy (non-hydrogen) atoms. The number of benzene rings is 8. The Morgan fingerprint density at radius 1 is 0.421 bits per heavy atom. The fourth-order valence-electron chi connectivity index (χ4n) is 7.05. The van der Waals surface area contributed by atoms with Gasteiger partial charge in [-0.2, -0.15) is 9.97 Å². The molecule has 0 fully saturated rings. The van der Waals surface area contributed by atoms with E-state index < -0.39 is 166 Å². The summed E-state index contributed by atoms with van der Waals surface area (Å²) in [6.45, 7) is 0. The predicted molar refractivity (Wildman–Crippen MR) is 230 cm³/mol. The lowest BCUT2D eigenvalue weighted by Gasteiger charge is -2.11. The van der Waals surface area contributed by atoms with Gasteiger partial charge in [-0.05, 0) is 70.6 Å². The van der Waals surface area contributed by atoms with Crippen LogP contribution in [-0.4, -0.2) is 19.5 Å². The maximum absolute atomic E-state index is 9.75. The standard InChI is InChI=1S/C51H30N4O2/c1-3-13-31(14-4-1)33-17-11-18-34(29-33)49-52-50(35-25-26-40-45(30-35)56-44-24-12-21-36(46(40)44)32-15-5-2-6-16-32)54-51(53-49)55-41-22-9-7-20-39(41)47-42(55)28-27-38-37-19-8-10-23-43(37)57-48(38)47/h1-30H/i7D,8D,9D,10D,11D,12D,17D,18D,19D,20D,21D,22D,23D,24D,25D,26D,27D,28D,29D,30D. The van der Waals surface area contributed by atoms with Gasteiger partial charge in [0.1, 0.15) is 22.3 Å². The Hall–Kier alpha value is -7.83. The van der Waals surface area contributed by atoms with E-state index in [-0.39, 0.29) is 66.2 Å². The molecule has 0 radical (unpaired) electrons. The number of para-hydroxylation sites is 2. The lowest BCUT2D eigenvalue weighted by atomic mass is 9.99. The number of fused-ring (bicyclic) bond motifs is 10. The molecule has 266 valence electrons. The number of furan rings is 2. The predicted octanol–water partition coefficient (Wildman–Crippen LogP) is 13.4. The van der Waals surface area contributed by atoms with Crippen molar-refractivity contribution in [2.75, 3.05) is 0 Å². The van der Waals surface area contributed by atoms with Gasteiger partial charge in [0.15, 0.2) is 11.6 Å². The van der Waals surface area contributed by atoms with Gasteiger partial charge in [-0.15, -0.1) is 0 Å². The minimum Gasteiger partial charge on any atom is -0.456 e. The van der Waals surface area contributed by atoms with Gasteiger partial charge in [0.25, 0.3) is 0 Å². The Morgan fingerprint density at radius 2 is 1.11 bits per heavy atom. The fourth-order valence-corrected chi connectivity index (χ4v) is 7.05. The van der Waals surface area contributed by atoms with Crippen molar-refractivity contribution in [3.63, 3.8) is 0 Å². The van der Waals surface area contributed by atoms with Crippen LogP contribution in [0, 0.1) is 0 Å². The molecule has 0 amide bonds. The maximum atomic E-state index is 9.75. The molecule has 0 aliphatic carbocycles. The Balaban J connectivity index is 1.28. The molecule has 0 unspecified atom stereocenters. The van der Waals surface area contributed by atoms with Crippen molar-refractivity contribution in [1.82, 2.24) is 19.5 Å². The molecule has 0 atom stereocenters. The van der Waals surface area contributed by atoms with Gasteiger partial charge in [0, 0.05) is 38.1 Å². The van der Waals surface area contributed by atoms with Gasteiger partial charge >= 0.3 is 0 Å². The van der Waals surface area contributed by atoms with Crippen LogP contribution in [0.1, 0.15) is 27.4 Å². The van der Waals surface area contributed by atoms with Gasteiger partial charge in [-0.1, -0.05) is 133 Å². The van der Waals surface area contributed by atoms with Gasteiger partial charge in [0.2, 0.25) is 5.95 Å². The molecule has 6 heteroatoms. The number of rotatable bonds is 5. The Morgan fingerprint density at radius 3 is 1.95 bits per heavy atom. The zero-order valence-electron chi connectivity index (χ0n) is 48.9. The summed E-state index contributed by atoms with van der Waals surface area (Å²) >= 11 is 0. The molecular formula is C51H30N4O2. The molecule has 6 nitrogen and oxygen atoms in total. The molecule has 8 aromatic carbocycles. The average molecular weight is 751 g/mol. The van der Waals surface area contributed by atoms with E-state index in [1.807, 2.05) is 0 Å². The van der Waals surface area contributed by atoms with E-state index in [0.717, 1.165) is 4.57 Å². The van der Waals surface area contributed by atoms with Crippen LogP contribution in [0.4, 0.5) is 0 Å². The SMILES string of the molecule is [2H]c1c([2H])c(-c2ccccc2)c([2H])c(-c2nc(-c3c([2H])c([2H])c4c(oc5c([2H])c([2H])c([2H])c(-c6ccccc6)c54)c3[2H])nc(-n3c4c([2H])c([2H])c([2H])c([2H])c4c4c5oc6c([2H])c([2H])c([2H])c([2H])c6c5c([2H])c([2H])c43)n2)c1[2H]. The van der Waals surface area contributed by atoms with Crippen LogP contribution in [0.15, 0.2) is 190 Å². The topological polar surface area (TPSA) is 69.9 Å². The molecular weight excluding hydrogens is 701 g/mol. The number of hydrogen-bond acceptors (Lipinski definition) is 5. The first kappa shape index (κ1) is 17.8. The van der Waals surface area contributed by atoms with Crippen LogP contribution >= 0.6 is 0 Å². The second kappa shape index (κ2) is 12.3. The van der Waals surface area contributed by atoms with E-state index in [4.69, 9.17) is 23.9 Å².